The van der Waals surface area contributed by atoms with Crippen molar-refractivity contribution in [1.82, 2.24) is 10.1 Å². The maximum absolute atomic E-state index is 13.4. The van der Waals surface area contributed by atoms with Crippen molar-refractivity contribution in [3.05, 3.63) is 46.8 Å². The van der Waals surface area contributed by atoms with Crippen LogP contribution in [0.15, 0.2) is 28.8 Å². The number of carbonyl (C=O) groups excluding carboxylic acids is 1. The van der Waals surface area contributed by atoms with Crippen LogP contribution in [0.5, 0.6) is 0 Å². The van der Waals surface area contributed by atoms with Gasteiger partial charge in [-0.2, -0.15) is 0 Å². The first-order valence-corrected chi connectivity index (χ1v) is 9.12. The van der Waals surface area contributed by atoms with Gasteiger partial charge in [0.25, 0.3) is 0 Å². The van der Waals surface area contributed by atoms with Crippen LogP contribution >= 0.6 is 0 Å². The van der Waals surface area contributed by atoms with Gasteiger partial charge < -0.3 is 9.42 Å². The molecule has 132 valence electrons. The molecule has 4 rings (SSSR count). The number of rotatable bonds is 2. The molecule has 3 heterocycles. The second-order valence-corrected chi connectivity index (χ2v) is 7.30. The summed E-state index contributed by atoms with van der Waals surface area (Å²) in [5.74, 6) is 0.617. The van der Waals surface area contributed by atoms with Crippen LogP contribution in [0.2, 0.25) is 0 Å². The summed E-state index contributed by atoms with van der Waals surface area (Å²) >= 11 is 0. The smallest absolute Gasteiger partial charge is 0.234 e. The van der Waals surface area contributed by atoms with Crippen molar-refractivity contribution in [2.75, 3.05) is 18.0 Å². The van der Waals surface area contributed by atoms with E-state index in [9.17, 15) is 4.79 Å². The fourth-order valence-electron chi connectivity index (χ4n) is 4.42. The summed E-state index contributed by atoms with van der Waals surface area (Å²) in [5.41, 5.74) is 4.03. The van der Waals surface area contributed by atoms with Crippen molar-refractivity contribution >= 4 is 11.6 Å². The molecule has 0 radical (unpaired) electrons. The molecule has 0 unspecified atom stereocenters. The zero-order valence-corrected chi connectivity index (χ0v) is 15.2. The predicted octanol–water partition coefficient (Wildman–Crippen LogP) is 3.41. The number of fused-ring (bicyclic) bond motifs is 2. The van der Waals surface area contributed by atoms with E-state index in [-0.39, 0.29) is 11.8 Å². The second-order valence-electron chi connectivity index (χ2n) is 7.30. The van der Waals surface area contributed by atoms with E-state index in [2.05, 4.69) is 28.3 Å². The van der Waals surface area contributed by atoms with Crippen LogP contribution in [-0.2, 0) is 11.3 Å². The van der Waals surface area contributed by atoms with Crippen LogP contribution in [0.4, 0.5) is 5.69 Å². The number of anilines is 1. The summed E-state index contributed by atoms with van der Waals surface area (Å²) in [7, 11) is 0. The largest absolute Gasteiger partial charge is 0.361 e. The summed E-state index contributed by atoms with van der Waals surface area (Å²) in [6.45, 7) is 8.59. The fourth-order valence-corrected chi connectivity index (χ4v) is 4.42. The van der Waals surface area contributed by atoms with E-state index in [0.29, 0.717) is 6.04 Å². The lowest BCUT2D eigenvalue weighted by Gasteiger charge is -2.28. The normalized spacial score (nSPS) is 21.6. The van der Waals surface area contributed by atoms with Crippen LogP contribution in [0.1, 0.15) is 48.3 Å². The Morgan fingerprint density at radius 3 is 2.88 bits per heavy atom. The topological polar surface area (TPSA) is 49.6 Å². The van der Waals surface area contributed by atoms with E-state index in [1.165, 1.54) is 12.0 Å². The summed E-state index contributed by atoms with van der Waals surface area (Å²) in [6.07, 6.45) is 2.38. The molecule has 1 saturated heterocycles. The Morgan fingerprint density at radius 1 is 1.32 bits per heavy atom. The van der Waals surface area contributed by atoms with E-state index >= 15 is 0 Å². The van der Waals surface area contributed by atoms with Crippen molar-refractivity contribution < 1.29 is 9.32 Å². The molecule has 0 bridgehead atoms. The minimum absolute atomic E-state index is 0.135. The third kappa shape index (κ3) is 2.76. The van der Waals surface area contributed by atoms with Crippen molar-refractivity contribution in [1.29, 1.82) is 0 Å². The predicted molar refractivity (Wildman–Crippen MR) is 96.6 cm³/mol. The molecule has 1 amide bonds. The van der Waals surface area contributed by atoms with E-state index in [1.54, 1.807) is 0 Å². The third-order valence-electron chi connectivity index (χ3n) is 5.71. The molecule has 2 aliphatic rings. The van der Waals surface area contributed by atoms with Gasteiger partial charge in [0.15, 0.2) is 0 Å². The highest BCUT2D eigenvalue weighted by molar-refractivity contribution is 5.99. The molecule has 0 saturated carbocycles. The minimum atomic E-state index is -0.257. The molecule has 1 fully saturated rings. The zero-order valence-electron chi connectivity index (χ0n) is 15.2. The lowest BCUT2D eigenvalue weighted by atomic mass is 9.97. The lowest BCUT2D eigenvalue weighted by molar-refractivity contribution is -0.119. The highest BCUT2D eigenvalue weighted by Crippen LogP contribution is 2.34. The van der Waals surface area contributed by atoms with E-state index in [0.717, 1.165) is 48.8 Å². The minimum Gasteiger partial charge on any atom is -0.361 e. The Balaban J connectivity index is 1.71. The zero-order chi connectivity index (χ0) is 17.6. The van der Waals surface area contributed by atoms with Crippen LogP contribution in [0.25, 0.3) is 0 Å². The van der Waals surface area contributed by atoms with Crippen molar-refractivity contribution in [3.63, 3.8) is 0 Å². The molecule has 2 atom stereocenters. The van der Waals surface area contributed by atoms with Crippen molar-refractivity contribution in [2.24, 2.45) is 0 Å². The average Bonchev–Trinajstić information content (AvgIpc) is 3.14. The van der Waals surface area contributed by atoms with Gasteiger partial charge in [0.05, 0.1) is 11.6 Å². The first kappa shape index (κ1) is 16.3. The van der Waals surface area contributed by atoms with E-state index in [4.69, 9.17) is 4.52 Å². The average molecular weight is 339 g/mol. The highest BCUT2D eigenvalue weighted by atomic mass is 16.5. The highest BCUT2D eigenvalue weighted by Gasteiger charge is 2.36. The van der Waals surface area contributed by atoms with Crippen LogP contribution < -0.4 is 4.90 Å². The van der Waals surface area contributed by atoms with E-state index in [1.807, 2.05) is 31.7 Å². The molecule has 5 heteroatoms. The Hall–Kier alpha value is -2.14. The standard InChI is InChI=1S/C20H25N3O2/c1-13(19-14(2)21-25-15(19)3)20(24)23-12-17-8-6-10-22(17)11-16-7-4-5-9-18(16)23/h4-5,7,9,13,17H,6,8,10-12H2,1-3H3/t13-,17-/m0/s1. The number of hydrogen-bond donors (Lipinski definition) is 0. The first-order chi connectivity index (χ1) is 12.1. The molecule has 2 aliphatic heterocycles. The monoisotopic (exact) mass is 339 g/mol. The SMILES string of the molecule is Cc1noc(C)c1[C@H](C)C(=O)N1C[C@@H]2CCCN2Cc2ccccc21. The van der Waals surface area contributed by atoms with Gasteiger partial charge in [-0.3, -0.25) is 9.69 Å². The molecular formula is C20H25N3O2. The molecule has 5 nitrogen and oxygen atoms in total. The Bertz CT molecular complexity index is 778. The first-order valence-electron chi connectivity index (χ1n) is 9.12. The van der Waals surface area contributed by atoms with Gasteiger partial charge in [-0.1, -0.05) is 23.4 Å². The van der Waals surface area contributed by atoms with Crippen molar-refractivity contribution in [2.45, 2.75) is 52.1 Å². The van der Waals surface area contributed by atoms with Gasteiger partial charge >= 0.3 is 0 Å². The van der Waals surface area contributed by atoms with Gasteiger partial charge in [0, 0.05) is 30.4 Å². The number of para-hydroxylation sites is 1. The van der Waals surface area contributed by atoms with Gasteiger partial charge in [0.2, 0.25) is 5.91 Å². The Kier molecular flexibility index (Phi) is 4.12. The molecule has 1 aromatic heterocycles. The molecule has 25 heavy (non-hydrogen) atoms. The summed E-state index contributed by atoms with van der Waals surface area (Å²) < 4.78 is 5.29. The summed E-state index contributed by atoms with van der Waals surface area (Å²) in [4.78, 5) is 18.0. The molecule has 0 spiro atoms. The van der Waals surface area contributed by atoms with Crippen LogP contribution in [-0.4, -0.2) is 35.1 Å². The third-order valence-corrected chi connectivity index (χ3v) is 5.71. The van der Waals surface area contributed by atoms with Gasteiger partial charge in [-0.05, 0) is 51.8 Å². The Labute approximate surface area is 148 Å². The van der Waals surface area contributed by atoms with Gasteiger partial charge in [-0.15, -0.1) is 0 Å². The number of aryl methyl sites for hydroxylation is 2. The maximum Gasteiger partial charge on any atom is 0.234 e. The summed E-state index contributed by atoms with van der Waals surface area (Å²) in [6, 6.07) is 8.77. The van der Waals surface area contributed by atoms with Crippen LogP contribution in [0.3, 0.4) is 0 Å². The number of aromatic nitrogens is 1. The lowest BCUT2D eigenvalue weighted by Crippen LogP contribution is -2.42. The molecule has 0 aliphatic carbocycles. The maximum atomic E-state index is 13.4. The molecule has 0 N–H and O–H groups in total. The van der Waals surface area contributed by atoms with Gasteiger partial charge in [-0.25, -0.2) is 0 Å². The van der Waals surface area contributed by atoms with Gasteiger partial charge in [0.1, 0.15) is 5.76 Å². The number of nitrogens with zero attached hydrogens (tertiary/aromatic N) is 3. The number of carbonyl (C=O) groups is 1. The van der Waals surface area contributed by atoms with E-state index < -0.39 is 0 Å². The molecule has 1 aromatic carbocycles. The van der Waals surface area contributed by atoms with Crippen LogP contribution in [0, 0.1) is 13.8 Å². The number of amides is 1. The summed E-state index contributed by atoms with van der Waals surface area (Å²) in [5, 5.41) is 4.03. The molecule has 2 aromatic rings. The fraction of sp³-hybridized carbons (Fsp3) is 0.500. The number of benzene rings is 1. The quantitative estimate of drug-likeness (QED) is 0.841. The Morgan fingerprint density at radius 2 is 2.12 bits per heavy atom. The second kappa shape index (κ2) is 6.30. The molecular weight excluding hydrogens is 314 g/mol. The van der Waals surface area contributed by atoms with Crippen molar-refractivity contribution in [3.8, 4) is 0 Å². The number of hydrogen-bond acceptors (Lipinski definition) is 4.